The van der Waals surface area contributed by atoms with Crippen LogP contribution >= 0.6 is 0 Å². The molecule has 0 unspecified atom stereocenters. The Balaban J connectivity index is 3.16. The average Bonchev–Trinajstić information content (AvgIpc) is 1.72. The third kappa shape index (κ3) is 2.76. The van der Waals surface area contributed by atoms with Crippen molar-refractivity contribution in [3.05, 3.63) is 0 Å². The van der Waals surface area contributed by atoms with Crippen LogP contribution in [0.1, 0.15) is 13.8 Å². The van der Waals surface area contributed by atoms with Crippen LogP contribution < -0.4 is 0 Å². The molecule has 0 saturated heterocycles. The Morgan fingerprint density at radius 1 is 1.43 bits per heavy atom. The zero-order valence-corrected chi connectivity index (χ0v) is 5.61. The molecule has 0 fully saturated rings. The molecule has 0 aromatic carbocycles. The highest BCUT2D eigenvalue weighted by atomic mass is 32.2. The van der Waals surface area contributed by atoms with Crippen LogP contribution in [0.25, 0.3) is 0 Å². The summed E-state index contributed by atoms with van der Waals surface area (Å²) in [5.41, 5.74) is 0. The van der Waals surface area contributed by atoms with Gasteiger partial charge in [-0.05, 0) is 0 Å². The second-order valence-corrected chi connectivity index (χ2v) is 1.95. The number of hydrogen-bond donors (Lipinski definition) is 1. The molecule has 0 spiro atoms. The molecule has 0 atom stereocenters. The van der Waals surface area contributed by atoms with Crippen molar-refractivity contribution in [2.24, 2.45) is 0 Å². The van der Waals surface area contributed by atoms with E-state index in [0.717, 1.165) is 13.1 Å². The van der Waals surface area contributed by atoms with E-state index in [-0.39, 0.29) is 11.9 Å². The summed E-state index contributed by atoms with van der Waals surface area (Å²) >= 11 is 0.143. The lowest BCUT2D eigenvalue weighted by Gasteiger charge is -2.05. The molecule has 44 valence electrons. The third-order valence-electron chi connectivity index (χ3n) is 0.846. The molecular formula is C4H11NOS. The Hall–Kier alpha value is 0.110. The van der Waals surface area contributed by atoms with Crippen molar-refractivity contribution in [2.45, 2.75) is 13.8 Å². The van der Waals surface area contributed by atoms with E-state index < -0.39 is 0 Å². The Morgan fingerprint density at radius 2 is 1.86 bits per heavy atom. The first-order valence-electron chi connectivity index (χ1n) is 2.43. The molecule has 0 rings (SSSR count). The average molecular weight is 121 g/mol. The fourth-order valence-corrected chi connectivity index (χ4v) is 0.570. The zero-order chi connectivity index (χ0) is 5.70. The molecule has 0 aromatic heterocycles. The quantitative estimate of drug-likeness (QED) is 0.528. The number of rotatable bonds is 3. The normalized spacial score (nSPS) is 10.1. The van der Waals surface area contributed by atoms with Gasteiger partial charge in [-0.25, -0.2) is 8.51 Å². The monoisotopic (exact) mass is 121 g/mol. The van der Waals surface area contributed by atoms with E-state index in [1.54, 1.807) is 4.31 Å². The van der Waals surface area contributed by atoms with Crippen LogP contribution in [0.3, 0.4) is 0 Å². The Labute approximate surface area is 48.1 Å². The van der Waals surface area contributed by atoms with Gasteiger partial charge in [0, 0.05) is 13.1 Å². The van der Waals surface area contributed by atoms with Gasteiger partial charge in [0.1, 0.15) is 0 Å². The van der Waals surface area contributed by atoms with Gasteiger partial charge >= 0.3 is 0 Å². The van der Waals surface area contributed by atoms with Crippen LogP contribution in [0.4, 0.5) is 0 Å². The second-order valence-electron chi connectivity index (χ2n) is 1.22. The SMILES string of the molecule is CCN(CC)[SH]=O. The standard InChI is InChI=1S/C4H11NOS/c1-3-5(4-2)7-6/h7H,3-4H2,1-2H3. The maximum atomic E-state index is 9.99. The van der Waals surface area contributed by atoms with Crippen molar-refractivity contribution >= 4 is 11.9 Å². The zero-order valence-electron chi connectivity index (χ0n) is 4.72. The minimum absolute atomic E-state index is 0.143. The molecule has 3 heteroatoms. The van der Waals surface area contributed by atoms with Crippen LogP contribution in [0.5, 0.6) is 0 Å². The summed E-state index contributed by atoms with van der Waals surface area (Å²) < 4.78 is 11.8. The maximum absolute atomic E-state index is 9.99. The molecule has 0 aliphatic heterocycles. The van der Waals surface area contributed by atoms with Crippen molar-refractivity contribution < 1.29 is 4.21 Å². The molecule has 7 heavy (non-hydrogen) atoms. The summed E-state index contributed by atoms with van der Waals surface area (Å²) in [6, 6.07) is 0. The molecule has 0 aliphatic carbocycles. The minimum Gasteiger partial charge on any atom is -0.246 e. The van der Waals surface area contributed by atoms with Crippen LogP contribution in [0.2, 0.25) is 0 Å². The molecule has 0 aliphatic rings. The summed E-state index contributed by atoms with van der Waals surface area (Å²) in [6.45, 7) is 5.69. The highest BCUT2D eigenvalue weighted by molar-refractivity contribution is 7.62. The Morgan fingerprint density at radius 3 is 1.86 bits per heavy atom. The predicted octanol–water partition coefficient (Wildman–Crippen LogP) is 0.188. The van der Waals surface area contributed by atoms with Crippen molar-refractivity contribution in [2.75, 3.05) is 13.1 Å². The molecule has 0 bridgehead atoms. The van der Waals surface area contributed by atoms with Crippen molar-refractivity contribution in [1.82, 2.24) is 4.31 Å². The van der Waals surface area contributed by atoms with E-state index in [1.165, 1.54) is 0 Å². The van der Waals surface area contributed by atoms with Gasteiger partial charge in [-0.2, -0.15) is 0 Å². The van der Waals surface area contributed by atoms with Crippen molar-refractivity contribution in [3.8, 4) is 0 Å². The van der Waals surface area contributed by atoms with Gasteiger partial charge in [0.15, 0.2) is 0 Å². The van der Waals surface area contributed by atoms with Crippen LogP contribution in [-0.4, -0.2) is 21.6 Å². The van der Waals surface area contributed by atoms with E-state index in [9.17, 15) is 4.21 Å². The van der Waals surface area contributed by atoms with E-state index in [1.807, 2.05) is 13.8 Å². The molecule has 0 aromatic rings. The lowest BCUT2D eigenvalue weighted by atomic mass is 10.7. The third-order valence-corrected chi connectivity index (χ3v) is 1.64. The molecule has 0 radical (unpaired) electrons. The smallest absolute Gasteiger partial charge is 0.0808 e. The van der Waals surface area contributed by atoms with Gasteiger partial charge in [-0.3, -0.25) is 0 Å². The van der Waals surface area contributed by atoms with Crippen LogP contribution in [0, 0.1) is 0 Å². The van der Waals surface area contributed by atoms with Gasteiger partial charge in [0.05, 0.1) is 11.9 Å². The fraction of sp³-hybridized carbons (Fsp3) is 1.00. The molecule has 0 saturated carbocycles. The van der Waals surface area contributed by atoms with Gasteiger partial charge in [-0.15, -0.1) is 0 Å². The first-order valence-corrected chi connectivity index (χ1v) is 3.19. The lowest BCUT2D eigenvalue weighted by Crippen LogP contribution is -2.16. The maximum Gasteiger partial charge on any atom is 0.0808 e. The van der Waals surface area contributed by atoms with E-state index >= 15 is 0 Å². The predicted molar refractivity (Wildman–Crippen MR) is 32.5 cm³/mol. The van der Waals surface area contributed by atoms with Crippen molar-refractivity contribution in [1.29, 1.82) is 0 Å². The van der Waals surface area contributed by atoms with Crippen LogP contribution in [0.15, 0.2) is 0 Å². The molecule has 0 N–H and O–H groups in total. The summed E-state index contributed by atoms with van der Waals surface area (Å²) in [4.78, 5) is 0. The van der Waals surface area contributed by atoms with Gasteiger partial charge < -0.3 is 0 Å². The van der Waals surface area contributed by atoms with E-state index in [4.69, 9.17) is 0 Å². The number of hydrogen-bond acceptors (Lipinski definition) is 1. The summed E-state index contributed by atoms with van der Waals surface area (Å²) in [7, 11) is 0. The van der Waals surface area contributed by atoms with Crippen molar-refractivity contribution in [3.63, 3.8) is 0 Å². The van der Waals surface area contributed by atoms with Gasteiger partial charge in [-0.1, -0.05) is 13.8 Å². The highest BCUT2D eigenvalue weighted by Gasteiger charge is 1.89. The minimum atomic E-state index is 0.143. The molecule has 0 amide bonds. The Bertz CT molecular complexity index is 53.7. The first-order chi connectivity index (χ1) is 3.35. The lowest BCUT2D eigenvalue weighted by molar-refractivity contribution is 0.501. The summed E-state index contributed by atoms with van der Waals surface area (Å²) in [5.74, 6) is 0. The highest BCUT2D eigenvalue weighted by Crippen LogP contribution is 1.79. The topological polar surface area (TPSA) is 20.3 Å². The number of thiol groups is 1. The summed E-state index contributed by atoms with van der Waals surface area (Å²) in [6.07, 6.45) is 0. The van der Waals surface area contributed by atoms with Gasteiger partial charge in [0.25, 0.3) is 0 Å². The molecule has 2 nitrogen and oxygen atoms in total. The number of nitrogens with zero attached hydrogens (tertiary/aromatic N) is 1. The second kappa shape index (κ2) is 4.27. The largest absolute Gasteiger partial charge is 0.246 e. The first kappa shape index (κ1) is 7.11. The summed E-state index contributed by atoms with van der Waals surface area (Å²) in [5, 5.41) is 0. The van der Waals surface area contributed by atoms with Crippen LogP contribution in [-0.2, 0) is 11.9 Å². The van der Waals surface area contributed by atoms with E-state index in [2.05, 4.69) is 0 Å². The fourth-order valence-electron chi connectivity index (χ4n) is 0.339. The molecular weight excluding hydrogens is 110 g/mol. The van der Waals surface area contributed by atoms with Gasteiger partial charge in [0.2, 0.25) is 0 Å². The Kier molecular flexibility index (Phi) is 4.34. The van der Waals surface area contributed by atoms with E-state index in [0.29, 0.717) is 0 Å². The molecule has 0 heterocycles.